The summed E-state index contributed by atoms with van der Waals surface area (Å²) in [6.07, 6.45) is 9.14. The maximum absolute atomic E-state index is 10.6. The van der Waals surface area contributed by atoms with Gasteiger partial charge in [0.15, 0.2) is 5.89 Å². The number of aromatic nitrogens is 1. The van der Waals surface area contributed by atoms with Crippen molar-refractivity contribution in [2.24, 2.45) is 23.7 Å². The van der Waals surface area contributed by atoms with E-state index in [1.165, 1.54) is 32.1 Å². The van der Waals surface area contributed by atoms with Gasteiger partial charge >= 0.3 is 5.97 Å². The Hall–Kier alpha value is -1.32. The summed E-state index contributed by atoms with van der Waals surface area (Å²) in [5, 5.41) is 8.74. The van der Waals surface area contributed by atoms with E-state index in [1.54, 1.807) is 6.26 Å². The summed E-state index contributed by atoms with van der Waals surface area (Å²) in [6, 6.07) is 0. The molecule has 4 heteroatoms. The molecule has 1 aromatic rings. The van der Waals surface area contributed by atoms with E-state index in [1.807, 2.05) is 0 Å². The van der Waals surface area contributed by atoms with Crippen LogP contribution < -0.4 is 0 Å². The first-order chi connectivity index (χ1) is 9.69. The fourth-order valence-electron chi connectivity index (χ4n) is 5.15. The van der Waals surface area contributed by atoms with E-state index in [4.69, 9.17) is 9.52 Å². The predicted octanol–water partition coefficient (Wildman–Crippen LogP) is 3.23. The van der Waals surface area contributed by atoms with E-state index >= 15 is 0 Å². The van der Waals surface area contributed by atoms with E-state index in [9.17, 15) is 4.79 Å². The largest absolute Gasteiger partial charge is 0.481 e. The number of oxazole rings is 1. The first-order valence-electron chi connectivity index (χ1n) is 7.85. The molecule has 108 valence electrons. The summed E-state index contributed by atoms with van der Waals surface area (Å²) >= 11 is 0. The molecular formula is C16H21NO3. The molecule has 0 radical (unpaired) electrons. The minimum atomic E-state index is -0.774. The molecule has 0 atom stereocenters. The van der Waals surface area contributed by atoms with Crippen LogP contribution in [-0.2, 0) is 11.2 Å². The number of aliphatic carboxylic acids is 1. The molecule has 0 aromatic carbocycles. The molecule has 1 aromatic heterocycles. The molecule has 0 unspecified atom stereocenters. The highest BCUT2D eigenvalue weighted by Crippen LogP contribution is 2.59. The highest BCUT2D eigenvalue weighted by molar-refractivity contribution is 5.66. The SMILES string of the molecule is O=C(O)CCc1coc(C2C3CC4CC(C3)CC2C4)n1. The average Bonchev–Trinajstić information content (AvgIpc) is 2.83. The Bertz CT molecular complexity index is 494. The lowest BCUT2D eigenvalue weighted by Gasteiger charge is -2.53. The van der Waals surface area contributed by atoms with Crippen molar-refractivity contribution in [3.63, 3.8) is 0 Å². The summed E-state index contributed by atoms with van der Waals surface area (Å²) in [4.78, 5) is 15.2. The van der Waals surface area contributed by atoms with E-state index in [0.29, 0.717) is 12.3 Å². The lowest BCUT2D eigenvalue weighted by molar-refractivity contribution is -0.136. The molecule has 4 fully saturated rings. The monoisotopic (exact) mass is 275 g/mol. The summed E-state index contributed by atoms with van der Waals surface area (Å²) < 4.78 is 5.72. The highest BCUT2D eigenvalue weighted by Gasteiger charge is 2.50. The van der Waals surface area contributed by atoms with Crippen LogP contribution in [0, 0.1) is 23.7 Å². The molecule has 4 saturated carbocycles. The predicted molar refractivity (Wildman–Crippen MR) is 72.2 cm³/mol. The van der Waals surface area contributed by atoms with Gasteiger partial charge in [-0.2, -0.15) is 0 Å². The van der Waals surface area contributed by atoms with E-state index in [-0.39, 0.29) is 6.42 Å². The third kappa shape index (κ3) is 2.05. The van der Waals surface area contributed by atoms with E-state index < -0.39 is 5.97 Å². The van der Waals surface area contributed by atoms with Gasteiger partial charge in [-0.1, -0.05) is 0 Å². The average molecular weight is 275 g/mol. The second kappa shape index (κ2) is 4.61. The van der Waals surface area contributed by atoms with Gasteiger partial charge in [0.1, 0.15) is 6.26 Å². The minimum absolute atomic E-state index is 0.133. The maximum atomic E-state index is 10.6. The normalized spacial score (nSPS) is 38.3. The van der Waals surface area contributed by atoms with Crippen molar-refractivity contribution < 1.29 is 14.3 Å². The number of hydrogen-bond donors (Lipinski definition) is 1. The van der Waals surface area contributed by atoms with Gasteiger partial charge in [0.25, 0.3) is 0 Å². The van der Waals surface area contributed by atoms with Crippen LogP contribution in [0.15, 0.2) is 10.7 Å². The van der Waals surface area contributed by atoms with Gasteiger partial charge in [0, 0.05) is 12.3 Å². The molecule has 4 nitrogen and oxygen atoms in total. The van der Waals surface area contributed by atoms with Crippen molar-refractivity contribution >= 4 is 5.97 Å². The smallest absolute Gasteiger partial charge is 0.303 e. The van der Waals surface area contributed by atoms with Crippen LogP contribution in [-0.4, -0.2) is 16.1 Å². The van der Waals surface area contributed by atoms with Crippen molar-refractivity contribution in [3.8, 4) is 0 Å². The molecule has 1 heterocycles. The number of carboxylic acids is 1. The topological polar surface area (TPSA) is 63.3 Å². The van der Waals surface area contributed by atoms with Gasteiger partial charge < -0.3 is 9.52 Å². The van der Waals surface area contributed by atoms with Gasteiger partial charge in [-0.3, -0.25) is 4.79 Å². The first-order valence-corrected chi connectivity index (χ1v) is 7.85. The van der Waals surface area contributed by atoms with Crippen LogP contribution in [0.25, 0.3) is 0 Å². The summed E-state index contributed by atoms with van der Waals surface area (Å²) in [5.41, 5.74) is 0.802. The van der Waals surface area contributed by atoms with Crippen molar-refractivity contribution in [1.82, 2.24) is 4.98 Å². The Morgan fingerprint density at radius 1 is 1.20 bits per heavy atom. The van der Waals surface area contributed by atoms with Gasteiger partial charge in [-0.25, -0.2) is 4.98 Å². The zero-order chi connectivity index (χ0) is 13.7. The molecule has 1 N–H and O–H groups in total. The van der Waals surface area contributed by atoms with Crippen molar-refractivity contribution in [2.45, 2.75) is 50.9 Å². The van der Waals surface area contributed by atoms with Crippen LogP contribution in [0.4, 0.5) is 0 Å². The van der Waals surface area contributed by atoms with Gasteiger partial charge in [0.2, 0.25) is 0 Å². The number of carbonyl (C=O) groups is 1. The number of carboxylic acid groups (broad SMARTS) is 1. The standard InChI is InChI=1S/C16H21NO3/c18-14(19)2-1-13-8-20-16(17-13)15-11-4-9-3-10(6-11)7-12(15)5-9/h8-12,15H,1-7H2,(H,18,19). The second-order valence-electron chi connectivity index (χ2n) is 7.03. The summed E-state index contributed by atoms with van der Waals surface area (Å²) in [6.45, 7) is 0. The Morgan fingerprint density at radius 2 is 1.85 bits per heavy atom. The molecule has 4 aliphatic rings. The third-order valence-corrected chi connectivity index (χ3v) is 5.68. The van der Waals surface area contributed by atoms with Crippen molar-refractivity contribution in [2.75, 3.05) is 0 Å². The number of hydrogen-bond acceptors (Lipinski definition) is 3. The lowest BCUT2D eigenvalue weighted by Crippen LogP contribution is -2.43. The number of rotatable bonds is 4. The van der Waals surface area contributed by atoms with Crippen LogP contribution in [0.3, 0.4) is 0 Å². The first kappa shape index (κ1) is 12.4. The molecule has 4 aliphatic carbocycles. The molecule has 0 spiro atoms. The zero-order valence-electron chi connectivity index (χ0n) is 11.6. The van der Waals surface area contributed by atoms with Gasteiger partial charge in [0.05, 0.1) is 12.1 Å². The fraction of sp³-hybridized carbons (Fsp3) is 0.750. The van der Waals surface area contributed by atoms with Crippen LogP contribution >= 0.6 is 0 Å². The van der Waals surface area contributed by atoms with E-state index in [0.717, 1.165) is 35.3 Å². The molecule has 0 aliphatic heterocycles. The molecule has 0 saturated heterocycles. The lowest BCUT2D eigenvalue weighted by atomic mass is 9.52. The van der Waals surface area contributed by atoms with Crippen LogP contribution in [0.5, 0.6) is 0 Å². The minimum Gasteiger partial charge on any atom is -0.481 e. The van der Waals surface area contributed by atoms with Crippen molar-refractivity contribution in [1.29, 1.82) is 0 Å². The van der Waals surface area contributed by atoms with Crippen molar-refractivity contribution in [3.05, 3.63) is 17.8 Å². The Morgan fingerprint density at radius 3 is 2.45 bits per heavy atom. The Kier molecular flexibility index (Phi) is 2.86. The molecule has 20 heavy (non-hydrogen) atoms. The molecule has 5 rings (SSSR count). The fourth-order valence-corrected chi connectivity index (χ4v) is 5.15. The molecular weight excluding hydrogens is 254 g/mol. The number of nitrogens with zero attached hydrogens (tertiary/aromatic N) is 1. The highest BCUT2D eigenvalue weighted by atomic mass is 16.4. The third-order valence-electron chi connectivity index (χ3n) is 5.68. The zero-order valence-corrected chi connectivity index (χ0v) is 11.6. The maximum Gasteiger partial charge on any atom is 0.303 e. The summed E-state index contributed by atoms with van der Waals surface area (Å²) in [7, 11) is 0. The van der Waals surface area contributed by atoms with Crippen LogP contribution in [0.2, 0.25) is 0 Å². The number of aryl methyl sites for hydroxylation is 1. The second-order valence-corrected chi connectivity index (χ2v) is 7.03. The molecule has 0 amide bonds. The van der Waals surface area contributed by atoms with Gasteiger partial charge in [-0.05, 0) is 55.8 Å². The van der Waals surface area contributed by atoms with Gasteiger partial charge in [-0.15, -0.1) is 0 Å². The molecule has 4 bridgehead atoms. The van der Waals surface area contributed by atoms with E-state index in [2.05, 4.69) is 4.98 Å². The Labute approximate surface area is 118 Å². The van der Waals surface area contributed by atoms with Crippen LogP contribution in [0.1, 0.15) is 56.0 Å². The Balaban J connectivity index is 1.51. The quantitative estimate of drug-likeness (QED) is 0.916. The summed E-state index contributed by atoms with van der Waals surface area (Å²) in [5.74, 6) is 4.05.